The number of aryl methyl sites for hydroxylation is 1. The standard InChI is InChI=1S/C19H23N5O4/c1-11(2)17-23-16(28-24-17)8-5-9-20-15(25)10-14-19(27)21-13-7-4-3-6-12(13)18(26)22-14/h3-4,6-7,11,14H,5,8-10H2,1-2H3,(H,20,25)(H,21,27)(H,22,26). The first kappa shape index (κ1) is 19.5. The van der Waals surface area contributed by atoms with Crippen LogP contribution in [0.5, 0.6) is 0 Å². The van der Waals surface area contributed by atoms with E-state index in [9.17, 15) is 14.4 Å². The minimum absolute atomic E-state index is 0.135. The lowest BCUT2D eigenvalue weighted by molar-refractivity contribution is -0.125. The van der Waals surface area contributed by atoms with Crippen molar-refractivity contribution in [3.05, 3.63) is 41.5 Å². The third-order valence-electron chi connectivity index (χ3n) is 4.33. The number of fused-ring (bicyclic) bond motifs is 1. The average molecular weight is 385 g/mol. The Morgan fingerprint density at radius 2 is 2.07 bits per heavy atom. The summed E-state index contributed by atoms with van der Waals surface area (Å²) in [6.07, 6.45) is 1.04. The monoisotopic (exact) mass is 385 g/mol. The predicted molar refractivity (Wildman–Crippen MR) is 101 cm³/mol. The van der Waals surface area contributed by atoms with Crippen LogP contribution in [-0.2, 0) is 16.0 Å². The molecule has 9 heteroatoms. The second-order valence-corrected chi connectivity index (χ2v) is 6.92. The molecular formula is C19H23N5O4. The maximum Gasteiger partial charge on any atom is 0.254 e. The summed E-state index contributed by atoms with van der Waals surface area (Å²) in [5.41, 5.74) is 0.812. The number of aromatic nitrogens is 2. The number of amides is 3. The van der Waals surface area contributed by atoms with Gasteiger partial charge in [-0.05, 0) is 18.6 Å². The zero-order valence-electron chi connectivity index (χ0n) is 15.8. The maximum atomic E-state index is 12.3. The van der Waals surface area contributed by atoms with Crippen LogP contribution in [-0.4, -0.2) is 40.4 Å². The van der Waals surface area contributed by atoms with Gasteiger partial charge in [0, 0.05) is 18.9 Å². The molecule has 0 bridgehead atoms. The van der Waals surface area contributed by atoms with Crippen molar-refractivity contribution in [3.8, 4) is 0 Å². The van der Waals surface area contributed by atoms with Gasteiger partial charge in [0.1, 0.15) is 6.04 Å². The lowest BCUT2D eigenvalue weighted by Crippen LogP contribution is -2.44. The molecule has 1 aromatic heterocycles. The lowest BCUT2D eigenvalue weighted by atomic mass is 10.1. The molecule has 0 saturated heterocycles. The zero-order valence-corrected chi connectivity index (χ0v) is 15.8. The molecule has 2 aromatic rings. The van der Waals surface area contributed by atoms with Gasteiger partial charge in [0.05, 0.1) is 17.7 Å². The van der Waals surface area contributed by atoms with E-state index in [1.807, 2.05) is 13.8 Å². The molecule has 0 fully saturated rings. The van der Waals surface area contributed by atoms with Crippen molar-refractivity contribution in [2.24, 2.45) is 0 Å². The fourth-order valence-electron chi connectivity index (χ4n) is 2.78. The van der Waals surface area contributed by atoms with Crippen LogP contribution < -0.4 is 16.0 Å². The molecule has 3 amide bonds. The highest BCUT2D eigenvalue weighted by Crippen LogP contribution is 2.18. The van der Waals surface area contributed by atoms with Gasteiger partial charge < -0.3 is 20.5 Å². The van der Waals surface area contributed by atoms with Crippen LogP contribution in [0.2, 0.25) is 0 Å². The van der Waals surface area contributed by atoms with Crippen molar-refractivity contribution in [2.45, 2.75) is 45.1 Å². The summed E-state index contributed by atoms with van der Waals surface area (Å²) in [6, 6.07) is 5.79. The highest BCUT2D eigenvalue weighted by molar-refractivity contribution is 6.10. The molecule has 1 aliphatic rings. The van der Waals surface area contributed by atoms with Gasteiger partial charge in [-0.1, -0.05) is 31.1 Å². The van der Waals surface area contributed by atoms with E-state index >= 15 is 0 Å². The van der Waals surface area contributed by atoms with E-state index in [2.05, 4.69) is 26.1 Å². The molecule has 1 aliphatic heterocycles. The molecule has 28 heavy (non-hydrogen) atoms. The van der Waals surface area contributed by atoms with Gasteiger partial charge in [0.2, 0.25) is 17.7 Å². The maximum absolute atomic E-state index is 12.3. The van der Waals surface area contributed by atoms with Gasteiger partial charge in [-0.15, -0.1) is 0 Å². The van der Waals surface area contributed by atoms with E-state index in [1.165, 1.54) is 0 Å². The summed E-state index contributed by atoms with van der Waals surface area (Å²) in [6.45, 7) is 4.37. The van der Waals surface area contributed by atoms with E-state index in [4.69, 9.17) is 4.52 Å². The van der Waals surface area contributed by atoms with Gasteiger partial charge in [-0.3, -0.25) is 14.4 Å². The first-order valence-corrected chi connectivity index (χ1v) is 9.24. The number of para-hydroxylation sites is 1. The minimum atomic E-state index is -0.926. The molecule has 148 valence electrons. The van der Waals surface area contributed by atoms with Crippen molar-refractivity contribution in [1.29, 1.82) is 0 Å². The highest BCUT2D eigenvalue weighted by atomic mass is 16.5. The van der Waals surface area contributed by atoms with E-state index in [-0.39, 0.29) is 24.2 Å². The number of benzene rings is 1. The summed E-state index contributed by atoms with van der Waals surface area (Å²) in [7, 11) is 0. The third-order valence-corrected chi connectivity index (χ3v) is 4.33. The van der Waals surface area contributed by atoms with Crippen LogP contribution in [0.1, 0.15) is 54.7 Å². The SMILES string of the molecule is CC(C)c1noc(CCCNC(=O)CC2NC(=O)c3ccccc3NC2=O)n1. The smallest absolute Gasteiger partial charge is 0.254 e. The molecule has 1 unspecified atom stereocenters. The lowest BCUT2D eigenvalue weighted by Gasteiger charge is -2.14. The molecule has 0 saturated carbocycles. The Kier molecular flexibility index (Phi) is 6.03. The largest absolute Gasteiger partial charge is 0.356 e. The van der Waals surface area contributed by atoms with Gasteiger partial charge in [0.15, 0.2) is 5.82 Å². The number of hydrogen-bond acceptors (Lipinski definition) is 6. The Bertz CT molecular complexity index is 877. The van der Waals surface area contributed by atoms with Crippen molar-refractivity contribution >= 4 is 23.4 Å². The minimum Gasteiger partial charge on any atom is -0.356 e. The third kappa shape index (κ3) is 4.73. The average Bonchev–Trinajstić information content (AvgIpc) is 3.10. The fraction of sp³-hybridized carbons (Fsp3) is 0.421. The van der Waals surface area contributed by atoms with Crippen LogP contribution in [0, 0.1) is 0 Å². The van der Waals surface area contributed by atoms with Crippen molar-refractivity contribution in [2.75, 3.05) is 11.9 Å². The number of carbonyl (C=O) groups excluding carboxylic acids is 3. The Labute approximate surface area is 162 Å². The van der Waals surface area contributed by atoms with Crippen LogP contribution in [0.3, 0.4) is 0 Å². The fourth-order valence-corrected chi connectivity index (χ4v) is 2.78. The molecule has 2 heterocycles. The second kappa shape index (κ2) is 8.64. The van der Waals surface area contributed by atoms with E-state index in [1.54, 1.807) is 24.3 Å². The molecule has 0 aliphatic carbocycles. The Morgan fingerprint density at radius 3 is 2.82 bits per heavy atom. The number of rotatable bonds is 7. The van der Waals surface area contributed by atoms with Crippen LogP contribution in [0.15, 0.2) is 28.8 Å². The van der Waals surface area contributed by atoms with Crippen LogP contribution in [0.4, 0.5) is 5.69 Å². The summed E-state index contributed by atoms with van der Waals surface area (Å²) in [5, 5.41) is 11.9. The Hall–Kier alpha value is -3.23. The summed E-state index contributed by atoms with van der Waals surface area (Å²) in [4.78, 5) is 41.0. The quantitative estimate of drug-likeness (QED) is 0.618. The van der Waals surface area contributed by atoms with Gasteiger partial charge in [-0.2, -0.15) is 4.98 Å². The number of hydrogen-bond donors (Lipinski definition) is 3. The van der Waals surface area contributed by atoms with Crippen molar-refractivity contribution in [1.82, 2.24) is 20.8 Å². The summed E-state index contributed by atoms with van der Waals surface area (Å²) >= 11 is 0. The van der Waals surface area contributed by atoms with Crippen molar-refractivity contribution < 1.29 is 18.9 Å². The topological polar surface area (TPSA) is 126 Å². The first-order valence-electron chi connectivity index (χ1n) is 9.24. The number of carbonyl (C=O) groups is 3. The molecule has 3 N–H and O–H groups in total. The summed E-state index contributed by atoms with van der Waals surface area (Å²) < 4.78 is 5.15. The van der Waals surface area contributed by atoms with Crippen LogP contribution in [0.25, 0.3) is 0 Å². The van der Waals surface area contributed by atoms with E-state index in [0.29, 0.717) is 42.4 Å². The molecule has 1 atom stereocenters. The molecule has 9 nitrogen and oxygen atoms in total. The van der Waals surface area contributed by atoms with Gasteiger partial charge in [-0.25, -0.2) is 0 Å². The predicted octanol–water partition coefficient (Wildman–Crippen LogP) is 1.38. The Balaban J connectivity index is 1.45. The Morgan fingerprint density at radius 1 is 1.29 bits per heavy atom. The molecule has 3 rings (SSSR count). The molecular weight excluding hydrogens is 362 g/mol. The molecule has 0 spiro atoms. The normalized spacial score (nSPS) is 16.2. The molecule has 0 radical (unpaired) electrons. The number of anilines is 1. The highest BCUT2D eigenvalue weighted by Gasteiger charge is 2.29. The van der Waals surface area contributed by atoms with E-state index in [0.717, 1.165) is 0 Å². The van der Waals surface area contributed by atoms with Gasteiger partial charge in [0.25, 0.3) is 5.91 Å². The van der Waals surface area contributed by atoms with Crippen LogP contribution >= 0.6 is 0 Å². The number of nitrogens with zero attached hydrogens (tertiary/aromatic N) is 2. The summed E-state index contributed by atoms with van der Waals surface area (Å²) in [5.74, 6) is 0.273. The zero-order chi connectivity index (χ0) is 20.1. The first-order chi connectivity index (χ1) is 13.4. The number of nitrogens with one attached hydrogen (secondary N) is 3. The van der Waals surface area contributed by atoms with Crippen molar-refractivity contribution in [3.63, 3.8) is 0 Å². The molecule has 1 aromatic carbocycles. The van der Waals surface area contributed by atoms with E-state index < -0.39 is 11.9 Å². The second-order valence-electron chi connectivity index (χ2n) is 6.92. The van der Waals surface area contributed by atoms with Gasteiger partial charge >= 0.3 is 0 Å².